The van der Waals surface area contributed by atoms with Crippen molar-refractivity contribution in [3.05, 3.63) is 39.8 Å². The first-order chi connectivity index (χ1) is 9.35. The normalized spacial score (nSPS) is 12.9. The lowest BCUT2D eigenvalue weighted by Gasteiger charge is -2.04. The second-order valence-corrected chi connectivity index (χ2v) is 5.56. The lowest BCUT2D eigenvalue weighted by Crippen LogP contribution is -2.11. The highest BCUT2D eigenvalue weighted by Gasteiger charge is 2.12. The molecule has 2 aromatic rings. The minimum absolute atomic E-state index is 0.326. The minimum atomic E-state index is 0.326. The molecule has 0 bridgehead atoms. The molecule has 1 aliphatic heterocycles. The average molecular weight is 276 g/mol. The molecule has 0 unspecified atom stereocenters. The second kappa shape index (κ2) is 5.59. The van der Waals surface area contributed by atoms with E-state index in [1.165, 1.54) is 15.4 Å². The Hall–Kier alpha value is -1.59. The number of fused-ring (bicyclic) bond motifs is 1. The summed E-state index contributed by atoms with van der Waals surface area (Å²) in [6.45, 7) is 4.12. The van der Waals surface area contributed by atoms with Crippen LogP contribution in [0.15, 0.2) is 24.4 Å². The molecule has 0 spiro atoms. The summed E-state index contributed by atoms with van der Waals surface area (Å²) in [5, 5.41) is 4.61. The zero-order valence-electron chi connectivity index (χ0n) is 10.8. The van der Waals surface area contributed by atoms with Crippen molar-refractivity contribution in [3.63, 3.8) is 0 Å². The summed E-state index contributed by atoms with van der Waals surface area (Å²) in [6.07, 6.45) is 2.96. The van der Waals surface area contributed by atoms with Crippen molar-refractivity contribution in [3.8, 4) is 11.5 Å². The van der Waals surface area contributed by atoms with E-state index < -0.39 is 0 Å². The smallest absolute Gasteiger partial charge is 0.231 e. The Morgan fingerprint density at radius 1 is 1.26 bits per heavy atom. The fourth-order valence-electron chi connectivity index (χ4n) is 1.97. The SMILES string of the molecule is CCc1ncc(CNCc2ccc3c(c2)OCO3)s1. The Balaban J connectivity index is 1.54. The average Bonchev–Trinajstić information content (AvgIpc) is 3.06. The van der Waals surface area contributed by atoms with E-state index in [0.717, 1.165) is 31.0 Å². The van der Waals surface area contributed by atoms with E-state index in [4.69, 9.17) is 9.47 Å². The molecule has 0 atom stereocenters. The first-order valence-electron chi connectivity index (χ1n) is 6.38. The Morgan fingerprint density at radius 3 is 3.00 bits per heavy atom. The molecule has 100 valence electrons. The van der Waals surface area contributed by atoms with Gasteiger partial charge in [-0.2, -0.15) is 0 Å². The number of hydrogen-bond acceptors (Lipinski definition) is 5. The van der Waals surface area contributed by atoms with Crippen LogP contribution in [0.3, 0.4) is 0 Å². The lowest BCUT2D eigenvalue weighted by molar-refractivity contribution is 0.174. The third kappa shape index (κ3) is 2.88. The van der Waals surface area contributed by atoms with Crippen LogP contribution < -0.4 is 14.8 Å². The lowest BCUT2D eigenvalue weighted by atomic mass is 10.2. The Kier molecular flexibility index (Phi) is 3.66. The van der Waals surface area contributed by atoms with Crippen molar-refractivity contribution in [1.82, 2.24) is 10.3 Å². The summed E-state index contributed by atoms with van der Waals surface area (Å²) in [5.41, 5.74) is 1.20. The van der Waals surface area contributed by atoms with Gasteiger partial charge in [-0.05, 0) is 24.1 Å². The maximum atomic E-state index is 5.36. The third-order valence-electron chi connectivity index (χ3n) is 2.97. The molecule has 2 heterocycles. The van der Waals surface area contributed by atoms with E-state index in [1.54, 1.807) is 11.3 Å². The van der Waals surface area contributed by atoms with Crippen LogP contribution in [0.5, 0.6) is 11.5 Å². The minimum Gasteiger partial charge on any atom is -0.454 e. The van der Waals surface area contributed by atoms with Gasteiger partial charge in [0.05, 0.1) is 5.01 Å². The number of thiazole rings is 1. The number of aryl methyl sites for hydroxylation is 1. The Morgan fingerprint density at radius 2 is 2.16 bits per heavy atom. The molecule has 0 aliphatic carbocycles. The van der Waals surface area contributed by atoms with Crippen molar-refractivity contribution < 1.29 is 9.47 Å². The maximum absolute atomic E-state index is 5.36. The number of hydrogen-bond donors (Lipinski definition) is 1. The molecule has 0 fully saturated rings. The number of nitrogens with zero attached hydrogens (tertiary/aromatic N) is 1. The van der Waals surface area contributed by atoms with E-state index in [2.05, 4.69) is 23.3 Å². The molecule has 4 nitrogen and oxygen atoms in total. The van der Waals surface area contributed by atoms with Gasteiger partial charge in [0.1, 0.15) is 0 Å². The zero-order valence-corrected chi connectivity index (χ0v) is 11.6. The van der Waals surface area contributed by atoms with Crippen LogP contribution in [0.1, 0.15) is 22.4 Å². The first-order valence-corrected chi connectivity index (χ1v) is 7.19. The van der Waals surface area contributed by atoms with E-state index >= 15 is 0 Å². The van der Waals surface area contributed by atoms with E-state index in [1.807, 2.05) is 18.3 Å². The van der Waals surface area contributed by atoms with Gasteiger partial charge in [0.25, 0.3) is 0 Å². The quantitative estimate of drug-likeness (QED) is 0.912. The molecule has 3 rings (SSSR count). The molecule has 0 saturated heterocycles. The van der Waals surface area contributed by atoms with Gasteiger partial charge in [0.2, 0.25) is 6.79 Å². The summed E-state index contributed by atoms with van der Waals surface area (Å²) in [4.78, 5) is 5.63. The summed E-state index contributed by atoms with van der Waals surface area (Å²) >= 11 is 1.77. The number of ether oxygens (including phenoxy) is 2. The van der Waals surface area contributed by atoms with Gasteiger partial charge < -0.3 is 14.8 Å². The van der Waals surface area contributed by atoms with Crippen LogP contribution in [0, 0.1) is 0 Å². The summed E-state index contributed by atoms with van der Waals surface area (Å²) < 4.78 is 10.7. The summed E-state index contributed by atoms with van der Waals surface area (Å²) in [7, 11) is 0. The molecule has 1 N–H and O–H groups in total. The van der Waals surface area contributed by atoms with Crippen LogP contribution in [-0.2, 0) is 19.5 Å². The topological polar surface area (TPSA) is 43.4 Å². The number of aromatic nitrogens is 1. The van der Waals surface area contributed by atoms with Crippen molar-refractivity contribution >= 4 is 11.3 Å². The van der Waals surface area contributed by atoms with Gasteiger partial charge in [-0.1, -0.05) is 13.0 Å². The van der Waals surface area contributed by atoms with Crippen LogP contribution in [-0.4, -0.2) is 11.8 Å². The second-order valence-electron chi connectivity index (χ2n) is 4.37. The van der Waals surface area contributed by atoms with Crippen LogP contribution in [0.25, 0.3) is 0 Å². The largest absolute Gasteiger partial charge is 0.454 e. The van der Waals surface area contributed by atoms with Crippen molar-refractivity contribution in [2.45, 2.75) is 26.4 Å². The number of benzene rings is 1. The molecular weight excluding hydrogens is 260 g/mol. The zero-order chi connectivity index (χ0) is 13.1. The van der Waals surface area contributed by atoms with Gasteiger partial charge >= 0.3 is 0 Å². The predicted molar refractivity (Wildman–Crippen MR) is 74.6 cm³/mol. The van der Waals surface area contributed by atoms with Gasteiger partial charge in [0.15, 0.2) is 11.5 Å². The molecular formula is C14H16N2O2S. The number of nitrogens with one attached hydrogen (secondary N) is 1. The van der Waals surface area contributed by atoms with Crippen molar-refractivity contribution in [2.75, 3.05) is 6.79 Å². The molecule has 0 radical (unpaired) electrons. The Labute approximate surface area is 116 Å². The van der Waals surface area contributed by atoms with Crippen LogP contribution in [0.2, 0.25) is 0 Å². The summed E-state index contributed by atoms with van der Waals surface area (Å²) in [6, 6.07) is 6.05. The van der Waals surface area contributed by atoms with E-state index in [-0.39, 0.29) is 0 Å². The monoisotopic (exact) mass is 276 g/mol. The highest BCUT2D eigenvalue weighted by molar-refractivity contribution is 7.11. The van der Waals surface area contributed by atoms with Crippen LogP contribution >= 0.6 is 11.3 Å². The van der Waals surface area contributed by atoms with Gasteiger partial charge in [0, 0.05) is 24.2 Å². The molecule has 0 saturated carbocycles. The molecule has 0 amide bonds. The van der Waals surface area contributed by atoms with Crippen molar-refractivity contribution in [1.29, 1.82) is 0 Å². The van der Waals surface area contributed by atoms with Gasteiger partial charge in [-0.25, -0.2) is 4.98 Å². The van der Waals surface area contributed by atoms with Crippen LogP contribution in [0.4, 0.5) is 0 Å². The molecule has 19 heavy (non-hydrogen) atoms. The third-order valence-corrected chi connectivity index (χ3v) is 4.11. The standard InChI is InChI=1S/C14H16N2O2S/c1-2-14-16-8-11(19-14)7-15-6-10-3-4-12-13(5-10)18-9-17-12/h3-5,8,15H,2,6-7,9H2,1H3. The molecule has 1 aromatic heterocycles. The number of rotatable bonds is 5. The van der Waals surface area contributed by atoms with E-state index in [9.17, 15) is 0 Å². The summed E-state index contributed by atoms with van der Waals surface area (Å²) in [5.74, 6) is 1.67. The molecule has 5 heteroatoms. The van der Waals surface area contributed by atoms with Gasteiger partial charge in [-0.3, -0.25) is 0 Å². The maximum Gasteiger partial charge on any atom is 0.231 e. The van der Waals surface area contributed by atoms with Gasteiger partial charge in [-0.15, -0.1) is 11.3 Å². The fraction of sp³-hybridized carbons (Fsp3) is 0.357. The Bertz CT molecular complexity index is 568. The predicted octanol–water partition coefficient (Wildman–Crippen LogP) is 2.72. The van der Waals surface area contributed by atoms with Crippen molar-refractivity contribution in [2.24, 2.45) is 0 Å². The first kappa shape index (κ1) is 12.4. The molecule has 1 aromatic carbocycles. The molecule has 1 aliphatic rings. The van der Waals surface area contributed by atoms with E-state index in [0.29, 0.717) is 6.79 Å². The fourth-order valence-corrected chi connectivity index (χ4v) is 2.81. The highest BCUT2D eigenvalue weighted by Crippen LogP contribution is 2.32. The highest BCUT2D eigenvalue weighted by atomic mass is 32.1.